The minimum atomic E-state index is -0.516. The van der Waals surface area contributed by atoms with Crippen LogP contribution >= 0.6 is 0 Å². The van der Waals surface area contributed by atoms with Crippen molar-refractivity contribution in [2.45, 2.75) is 32.8 Å². The van der Waals surface area contributed by atoms with Gasteiger partial charge in [0.2, 0.25) is 5.91 Å². The highest BCUT2D eigenvalue weighted by Gasteiger charge is 2.19. The zero-order valence-electron chi connectivity index (χ0n) is 14.1. The lowest BCUT2D eigenvalue weighted by Gasteiger charge is -2.24. The molecule has 0 spiro atoms. The highest BCUT2D eigenvalue weighted by molar-refractivity contribution is 5.77. The minimum absolute atomic E-state index is 0.220. The van der Waals surface area contributed by atoms with Crippen LogP contribution in [0.15, 0.2) is 24.3 Å². The summed E-state index contributed by atoms with van der Waals surface area (Å²) >= 11 is 0. The normalized spacial score (nSPS) is 10.8. The van der Waals surface area contributed by atoms with Gasteiger partial charge in [-0.05, 0) is 38.5 Å². The average Bonchev–Trinajstić information content (AvgIpc) is 2.47. The molecule has 0 fully saturated rings. The third-order valence-electron chi connectivity index (χ3n) is 2.85. The van der Waals surface area contributed by atoms with E-state index in [9.17, 15) is 9.59 Å². The van der Waals surface area contributed by atoms with Crippen molar-refractivity contribution in [3.8, 4) is 5.75 Å². The van der Waals surface area contributed by atoms with E-state index in [0.717, 1.165) is 5.56 Å². The summed E-state index contributed by atoms with van der Waals surface area (Å²) in [6.07, 6.45) is -0.165. The molecule has 0 unspecified atom stereocenters. The Bertz CT molecular complexity index is 523. The Hall–Kier alpha value is -2.28. The standard InChI is InChI=1S/C16H25N3O4/c1-16(2,3)23-15(21)19(4)9-10-22-13-7-5-12(6-8-13)11-14(20)18-17/h5-8H,9-11,17H2,1-4H3,(H,18,20). The topological polar surface area (TPSA) is 93.9 Å². The van der Waals surface area contributed by atoms with Crippen LogP contribution in [-0.2, 0) is 16.0 Å². The van der Waals surface area contributed by atoms with Crippen LogP contribution in [-0.4, -0.2) is 42.7 Å². The molecule has 23 heavy (non-hydrogen) atoms. The van der Waals surface area contributed by atoms with Gasteiger partial charge >= 0.3 is 6.09 Å². The maximum Gasteiger partial charge on any atom is 0.410 e. The van der Waals surface area contributed by atoms with Crippen LogP contribution in [0.4, 0.5) is 4.79 Å². The number of hydrogen-bond acceptors (Lipinski definition) is 5. The number of carbonyl (C=O) groups is 2. The lowest BCUT2D eigenvalue weighted by atomic mass is 10.1. The van der Waals surface area contributed by atoms with Crippen molar-refractivity contribution in [1.82, 2.24) is 10.3 Å². The monoisotopic (exact) mass is 323 g/mol. The molecule has 7 nitrogen and oxygen atoms in total. The van der Waals surface area contributed by atoms with E-state index in [1.54, 1.807) is 31.3 Å². The summed E-state index contributed by atoms with van der Waals surface area (Å²) in [4.78, 5) is 24.4. The van der Waals surface area contributed by atoms with E-state index >= 15 is 0 Å². The predicted molar refractivity (Wildman–Crippen MR) is 86.8 cm³/mol. The van der Waals surface area contributed by atoms with Crippen LogP contribution in [0.5, 0.6) is 5.75 Å². The molecule has 0 aliphatic heterocycles. The molecule has 0 bridgehead atoms. The molecular formula is C16H25N3O4. The molecule has 0 heterocycles. The molecule has 0 radical (unpaired) electrons. The van der Waals surface area contributed by atoms with Crippen molar-refractivity contribution < 1.29 is 19.1 Å². The van der Waals surface area contributed by atoms with Crippen LogP contribution < -0.4 is 16.0 Å². The number of nitrogens with zero attached hydrogens (tertiary/aromatic N) is 1. The second kappa shape index (κ2) is 8.38. The van der Waals surface area contributed by atoms with Crippen LogP contribution in [0.25, 0.3) is 0 Å². The molecule has 0 aromatic heterocycles. The van der Waals surface area contributed by atoms with E-state index in [2.05, 4.69) is 5.43 Å². The van der Waals surface area contributed by atoms with Gasteiger partial charge < -0.3 is 14.4 Å². The summed E-state index contributed by atoms with van der Waals surface area (Å²) in [6.45, 7) is 6.22. The summed E-state index contributed by atoms with van der Waals surface area (Å²) in [6, 6.07) is 7.13. The number of hydrazine groups is 1. The first-order valence-corrected chi connectivity index (χ1v) is 7.36. The zero-order valence-corrected chi connectivity index (χ0v) is 14.1. The molecule has 7 heteroatoms. The fourth-order valence-electron chi connectivity index (χ4n) is 1.67. The first-order chi connectivity index (χ1) is 10.7. The van der Waals surface area contributed by atoms with Crippen LogP contribution in [0.2, 0.25) is 0 Å². The Kier molecular flexibility index (Phi) is 6.84. The lowest BCUT2D eigenvalue weighted by molar-refractivity contribution is -0.120. The molecule has 2 amide bonds. The number of carbonyl (C=O) groups excluding carboxylic acids is 2. The molecule has 0 aliphatic rings. The van der Waals surface area contributed by atoms with Crippen molar-refractivity contribution in [2.24, 2.45) is 5.84 Å². The minimum Gasteiger partial charge on any atom is -0.492 e. The van der Waals surface area contributed by atoms with Gasteiger partial charge in [-0.2, -0.15) is 0 Å². The fraction of sp³-hybridized carbons (Fsp3) is 0.500. The molecular weight excluding hydrogens is 298 g/mol. The van der Waals surface area contributed by atoms with Gasteiger partial charge in [0, 0.05) is 7.05 Å². The van der Waals surface area contributed by atoms with E-state index in [4.69, 9.17) is 15.3 Å². The average molecular weight is 323 g/mol. The zero-order chi connectivity index (χ0) is 17.5. The molecule has 0 aliphatic carbocycles. The van der Waals surface area contributed by atoms with Crippen molar-refractivity contribution in [1.29, 1.82) is 0 Å². The van der Waals surface area contributed by atoms with Gasteiger partial charge in [0.05, 0.1) is 13.0 Å². The Balaban J connectivity index is 2.38. The highest BCUT2D eigenvalue weighted by Crippen LogP contribution is 2.13. The van der Waals surface area contributed by atoms with Crippen molar-refractivity contribution >= 4 is 12.0 Å². The smallest absolute Gasteiger partial charge is 0.410 e. The molecule has 0 saturated heterocycles. The Morgan fingerprint density at radius 3 is 2.35 bits per heavy atom. The number of nitrogens with two attached hydrogens (primary N) is 1. The van der Waals surface area contributed by atoms with E-state index in [1.165, 1.54) is 4.90 Å². The van der Waals surface area contributed by atoms with Gasteiger partial charge in [-0.1, -0.05) is 12.1 Å². The molecule has 128 valence electrons. The van der Waals surface area contributed by atoms with Crippen LogP contribution in [0.3, 0.4) is 0 Å². The lowest BCUT2D eigenvalue weighted by Crippen LogP contribution is -2.36. The van der Waals surface area contributed by atoms with E-state index in [-0.39, 0.29) is 18.4 Å². The van der Waals surface area contributed by atoms with Crippen molar-refractivity contribution in [3.05, 3.63) is 29.8 Å². The number of likely N-dealkylation sites (N-methyl/N-ethyl adjacent to an activating group) is 1. The van der Waals surface area contributed by atoms with Crippen LogP contribution in [0, 0.1) is 0 Å². The summed E-state index contributed by atoms with van der Waals surface area (Å²) < 4.78 is 10.8. The number of rotatable bonds is 6. The van der Waals surface area contributed by atoms with Gasteiger partial charge in [0.15, 0.2) is 0 Å². The number of amides is 2. The summed E-state index contributed by atoms with van der Waals surface area (Å²) in [5, 5.41) is 0. The molecule has 3 N–H and O–H groups in total. The second-order valence-electron chi connectivity index (χ2n) is 6.14. The van der Waals surface area contributed by atoms with Gasteiger partial charge in [-0.3, -0.25) is 10.2 Å². The quantitative estimate of drug-likeness (QED) is 0.470. The van der Waals surface area contributed by atoms with Gasteiger partial charge in [-0.15, -0.1) is 0 Å². The molecule has 1 aromatic carbocycles. The van der Waals surface area contributed by atoms with E-state index in [0.29, 0.717) is 18.9 Å². The third kappa shape index (κ3) is 7.51. The van der Waals surface area contributed by atoms with E-state index in [1.807, 2.05) is 20.8 Å². The predicted octanol–water partition coefficient (Wildman–Crippen LogP) is 1.46. The number of nitrogens with one attached hydrogen (secondary N) is 1. The fourth-order valence-corrected chi connectivity index (χ4v) is 1.67. The van der Waals surface area contributed by atoms with Crippen molar-refractivity contribution in [3.63, 3.8) is 0 Å². The first-order valence-electron chi connectivity index (χ1n) is 7.36. The molecule has 0 atom stereocenters. The maximum atomic E-state index is 11.8. The Morgan fingerprint density at radius 1 is 1.22 bits per heavy atom. The van der Waals surface area contributed by atoms with Gasteiger partial charge in [0.1, 0.15) is 18.0 Å². The number of ether oxygens (including phenoxy) is 2. The SMILES string of the molecule is CN(CCOc1ccc(CC(=O)NN)cc1)C(=O)OC(C)(C)C. The summed E-state index contributed by atoms with van der Waals surface area (Å²) in [7, 11) is 1.66. The van der Waals surface area contributed by atoms with Crippen molar-refractivity contribution in [2.75, 3.05) is 20.2 Å². The highest BCUT2D eigenvalue weighted by atomic mass is 16.6. The summed E-state index contributed by atoms with van der Waals surface area (Å²) in [5.41, 5.74) is 2.40. The van der Waals surface area contributed by atoms with Gasteiger partial charge in [-0.25, -0.2) is 10.6 Å². The summed E-state index contributed by atoms with van der Waals surface area (Å²) in [5.74, 6) is 5.45. The third-order valence-corrected chi connectivity index (χ3v) is 2.85. The molecule has 0 saturated carbocycles. The molecule has 1 aromatic rings. The Labute approximate surface area is 136 Å². The van der Waals surface area contributed by atoms with Crippen LogP contribution in [0.1, 0.15) is 26.3 Å². The Morgan fingerprint density at radius 2 is 1.83 bits per heavy atom. The maximum absolute atomic E-state index is 11.8. The van der Waals surface area contributed by atoms with Gasteiger partial charge in [0.25, 0.3) is 0 Å². The number of hydrogen-bond donors (Lipinski definition) is 2. The number of benzene rings is 1. The first kappa shape index (κ1) is 18.8. The largest absolute Gasteiger partial charge is 0.492 e. The molecule has 1 rings (SSSR count). The van der Waals surface area contributed by atoms with E-state index < -0.39 is 5.60 Å². The second-order valence-corrected chi connectivity index (χ2v) is 6.14.